The van der Waals surface area contributed by atoms with Gasteiger partial charge < -0.3 is 66.3 Å². The van der Waals surface area contributed by atoms with Gasteiger partial charge in [0.2, 0.25) is 0 Å². The van der Waals surface area contributed by atoms with Crippen LogP contribution in [0.25, 0.3) is 65.3 Å². The van der Waals surface area contributed by atoms with E-state index in [2.05, 4.69) is 0 Å². The molecule has 0 radical (unpaired) electrons. The summed E-state index contributed by atoms with van der Waals surface area (Å²) >= 11 is 0. The van der Waals surface area contributed by atoms with Crippen molar-refractivity contribution in [2.24, 2.45) is 0 Å². The average Bonchev–Trinajstić information content (AvgIpc) is 0.750. The van der Waals surface area contributed by atoms with Crippen LogP contribution in [0.5, 0.6) is 138 Å². The highest BCUT2D eigenvalue weighted by Crippen LogP contribution is 2.50. The Bertz CT molecular complexity index is 6520. The van der Waals surface area contributed by atoms with Crippen LogP contribution in [-0.2, 0) is 0 Å². The highest BCUT2D eigenvalue weighted by atomic mass is 16.5. The first-order valence-electron chi connectivity index (χ1n) is 39.2. The lowest BCUT2D eigenvalue weighted by Gasteiger charge is -2.18. The lowest BCUT2D eigenvalue weighted by atomic mass is 9.90. The van der Waals surface area contributed by atoms with Crippen molar-refractivity contribution in [2.75, 3.05) is 28.4 Å². The van der Waals surface area contributed by atoms with Gasteiger partial charge in [-0.3, -0.25) is 9.59 Å². The van der Waals surface area contributed by atoms with E-state index >= 15 is 0 Å². The Morgan fingerprint density at radius 2 is 0.303 bits per heavy atom. The fourth-order valence-corrected chi connectivity index (χ4v) is 15.0. The zero-order valence-electron chi connectivity index (χ0n) is 66.2. The number of ketones is 2. The molecule has 0 saturated carbocycles. The van der Waals surface area contributed by atoms with E-state index in [-0.39, 0.29) is 11.6 Å². The predicted octanol–water partition coefficient (Wildman–Crippen LogP) is 28.4. The Kier molecular flexibility index (Phi) is 20.6. The van der Waals surface area contributed by atoms with Crippen molar-refractivity contribution < 1.29 is 75.9 Å². The van der Waals surface area contributed by atoms with Crippen LogP contribution < -0.4 is 66.3 Å². The first-order chi connectivity index (χ1) is 59.9. The van der Waals surface area contributed by atoms with Crippen molar-refractivity contribution in [3.8, 4) is 160 Å². The Labute approximate surface area is 701 Å². The first-order valence-corrected chi connectivity index (χ1v) is 39.2. The summed E-state index contributed by atoms with van der Waals surface area (Å²) in [6.07, 6.45) is 0. The van der Waals surface area contributed by atoms with Crippen LogP contribution in [0.1, 0.15) is 31.8 Å². The molecule has 16 heteroatoms. The van der Waals surface area contributed by atoms with Gasteiger partial charge in [0.1, 0.15) is 138 Å². The summed E-state index contributed by atoms with van der Waals surface area (Å²) in [5.74, 6) is 14.6. The third-order valence-electron chi connectivity index (χ3n) is 21.0. The minimum atomic E-state index is -0.159. The molecule has 42 heterocycles. The molecule has 18 aromatic carbocycles. The molecule has 36 bridgehead atoms. The number of carbonyl (C=O) groups is 2. The molecular weight excluding hydrogens is 1530 g/mol. The van der Waals surface area contributed by atoms with Gasteiger partial charge in [-0.15, -0.1) is 0 Å². The predicted molar refractivity (Wildman–Crippen MR) is 472 cm³/mol. The number of carbonyl (C=O) groups excluding carboxylic acids is 2. The van der Waals surface area contributed by atoms with Gasteiger partial charge in [0.05, 0.1) is 28.4 Å². The van der Waals surface area contributed by atoms with Gasteiger partial charge in [0.15, 0.2) is 11.6 Å². The van der Waals surface area contributed by atoms with Gasteiger partial charge in [-0.05, 0) is 359 Å². The maximum atomic E-state index is 14.2. The second-order valence-electron chi connectivity index (χ2n) is 28.7. The van der Waals surface area contributed by atoms with E-state index in [9.17, 15) is 9.59 Å². The van der Waals surface area contributed by atoms with Crippen molar-refractivity contribution in [1.29, 1.82) is 0 Å². The zero-order valence-corrected chi connectivity index (χ0v) is 66.2. The molecule has 60 rings (SSSR count). The Morgan fingerprint density at radius 3 is 0.492 bits per heavy atom. The molecule has 122 heavy (non-hydrogen) atoms. The third-order valence-corrected chi connectivity index (χ3v) is 21.0. The minimum absolute atomic E-state index is 0.159. The van der Waals surface area contributed by atoms with E-state index in [0.29, 0.717) is 160 Å². The molecule has 0 aliphatic carbocycles. The monoisotopic (exact) mass is 1600 g/mol. The molecule has 592 valence electrons. The number of benzene rings is 18. The van der Waals surface area contributed by atoms with Crippen molar-refractivity contribution >= 4 is 54.7 Å². The molecule has 18 aromatic rings. The van der Waals surface area contributed by atoms with E-state index in [4.69, 9.17) is 66.3 Å². The Hall–Kier alpha value is -16.5. The maximum absolute atomic E-state index is 14.2. The van der Waals surface area contributed by atoms with Gasteiger partial charge in [0.25, 0.3) is 0 Å². The van der Waals surface area contributed by atoms with Crippen LogP contribution in [0, 0.1) is 0 Å². The minimum Gasteiger partial charge on any atom is -0.496 e. The molecule has 0 atom stereocenters. The molecule has 0 spiro atoms. The van der Waals surface area contributed by atoms with Crippen LogP contribution in [0.15, 0.2) is 364 Å². The van der Waals surface area contributed by atoms with Crippen LogP contribution in [-0.4, -0.2) is 40.0 Å². The Morgan fingerprint density at radius 1 is 0.156 bits per heavy atom. The SMILES string of the molecule is COc1ccc2cc3ccc2c1-c1c(OC)ccc2cc(ccc12)Oc1ccc(cc1)Oc1ccc(cc1)Oc1ccc(cc1)Oc1ccc(cc1)Oc1ccc(cc1)C(=O)c1ccc2c(c(OC)ccc2c1)-c1c(OC)ccc2cc(ccc12)C(=O)c1ccc(cc1)Oc1ccc(cc1)Oc1ccc(cc1)Oc1ccc(cc1)Oc1ccc(cc1)O3. The fourth-order valence-electron chi connectivity index (χ4n) is 15.0. The summed E-state index contributed by atoms with van der Waals surface area (Å²) in [4.78, 5) is 28.5. The smallest absolute Gasteiger partial charge is 0.193 e. The molecular formula is C106H72O16. The summed E-state index contributed by atoms with van der Waals surface area (Å²) in [5.41, 5.74) is 5.29. The maximum Gasteiger partial charge on any atom is 0.193 e. The molecule has 0 amide bonds. The summed E-state index contributed by atoms with van der Waals surface area (Å²) in [6, 6.07) is 112. The normalized spacial score (nSPS) is 12.1. The molecule has 0 fully saturated rings. The van der Waals surface area contributed by atoms with Crippen molar-refractivity contribution in [2.45, 2.75) is 0 Å². The van der Waals surface area contributed by atoms with Gasteiger partial charge in [0, 0.05) is 44.5 Å². The standard InChI is InChI=1S/C106H72O16/c1-109-97-57-11-67-61-71-9-53-93(67)101(97)102-94-54-10-72(62-68(94)12-58-98(102)110-2)106(108)66-7-17-74(18-8-66)114-76-21-25-78(26-22-76)116-80-29-33-82(34-30-80)118-84-37-41-86(42-38-84)120-88-45-49-90(50-46-88)122-92-52-56-96-70(64-92)14-60-100(112-4)104(96)103-95-55-51-91(63-69(95)13-59-99(103)111-3)121-89-47-43-87(44-48-89)119-85-39-35-83(36-40-85)117-81-31-27-79(28-32-81)115-77-23-19-75(20-24-77)113-73-15-5-65(6-16-73)105(71)107/h5-64H,1-4H3. The molecule has 0 N–H and O–H groups in total. The van der Waals surface area contributed by atoms with Crippen LogP contribution in [0.4, 0.5) is 0 Å². The van der Waals surface area contributed by atoms with Crippen molar-refractivity contribution in [3.63, 3.8) is 0 Å². The Balaban J connectivity index is 0.553. The average molecular weight is 1600 g/mol. The van der Waals surface area contributed by atoms with E-state index in [1.54, 1.807) is 77.0 Å². The largest absolute Gasteiger partial charge is 0.496 e. The lowest BCUT2D eigenvalue weighted by molar-refractivity contribution is 0.103. The second kappa shape index (κ2) is 33.3. The van der Waals surface area contributed by atoms with Crippen molar-refractivity contribution in [3.05, 3.63) is 386 Å². The van der Waals surface area contributed by atoms with E-state index < -0.39 is 0 Å². The summed E-state index contributed by atoms with van der Waals surface area (Å²) < 4.78 is 86.8. The van der Waals surface area contributed by atoms with Gasteiger partial charge in [-0.2, -0.15) is 0 Å². The number of hydrogen-bond donors (Lipinski definition) is 0. The van der Waals surface area contributed by atoms with Gasteiger partial charge >= 0.3 is 0 Å². The highest BCUT2D eigenvalue weighted by molar-refractivity contribution is 6.16. The number of ether oxygens (including phenoxy) is 14. The molecule has 0 aromatic heterocycles. The summed E-state index contributed by atoms with van der Waals surface area (Å²) in [7, 11) is 6.60. The molecule has 42 aliphatic heterocycles. The zero-order chi connectivity index (χ0) is 82.6. The summed E-state index contributed by atoms with van der Waals surface area (Å²) in [5, 5.41) is 7.08. The van der Waals surface area contributed by atoms with Crippen LogP contribution in [0.3, 0.4) is 0 Å². The van der Waals surface area contributed by atoms with E-state index in [1.165, 1.54) is 0 Å². The molecule has 16 nitrogen and oxygen atoms in total. The first kappa shape index (κ1) is 75.6. The van der Waals surface area contributed by atoms with E-state index in [1.807, 2.05) is 315 Å². The quantitative estimate of drug-likeness (QED) is 0.163. The number of hydrogen-bond acceptors (Lipinski definition) is 16. The molecule has 0 unspecified atom stereocenters. The lowest BCUT2D eigenvalue weighted by Crippen LogP contribution is -2.02. The fraction of sp³-hybridized carbons (Fsp3) is 0.0377. The van der Waals surface area contributed by atoms with Crippen LogP contribution >= 0.6 is 0 Å². The highest BCUT2D eigenvalue weighted by Gasteiger charge is 2.24. The van der Waals surface area contributed by atoms with Gasteiger partial charge in [-0.1, -0.05) is 48.5 Å². The van der Waals surface area contributed by atoms with Crippen LogP contribution in [0.2, 0.25) is 0 Å². The molecule has 42 aliphatic rings. The van der Waals surface area contributed by atoms with Crippen molar-refractivity contribution in [1.82, 2.24) is 0 Å². The summed E-state index contributed by atoms with van der Waals surface area (Å²) in [6.45, 7) is 0. The number of rotatable bonds is 4. The molecule has 0 saturated heterocycles. The second-order valence-corrected chi connectivity index (χ2v) is 28.7. The number of methoxy groups -OCH3 is 4. The van der Waals surface area contributed by atoms with Gasteiger partial charge in [-0.25, -0.2) is 0 Å². The third kappa shape index (κ3) is 16.2. The van der Waals surface area contributed by atoms with E-state index in [0.717, 1.165) is 65.3 Å². The topological polar surface area (TPSA) is 163 Å².